The van der Waals surface area contributed by atoms with Gasteiger partial charge in [0.25, 0.3) is 0 Å². The van der Waals surface area contributed by atoms with E-state index >= 15 is 0 Å². The van der Waals surface area contributed by atoms with Crippen LogP contribution in [0.2, 0.25) is 5.02 Å². The van der Waals surface area contributed by atoms with Gasteiger partial charge in [-0.15, -0.1) is 0 Å². The minimum atomic E-state index is -0.00736. The van der Waals surface area contributed by atoms with E-state index in [1.165, 1.54) is 11.1 Å². The number of unbranched alkanes of at least 4 members (excludes halogenated alkanes) is 1. The van der Waals surface area contributed by atoms with Crippen LogP contribution >= 0.6 is 11.6 Å². The van der Waals surface area contributed by atoms with E-state index in [4.69, 9.17) is 22.3 Å². The minimum Gasteiger partial charge on any atom is -0.370 e. The summed E-state index contributed by atoms with van der Waals surface area (Å²) in [5.74, 6) is 0.821. The highest BCUT2D eigenvalue weighted by atomic mass is 35.5. The van der Waals surface area contributed by atoms with Crippen molar-refractivity contribution >= 4 is 23.2 Å². The molecule has 32 heavy (non-hydrogen) atoms. The molecule has 0 spiro atoms. The zero-order valence-electron chi connectivity index (χ0n) is 19.7. The van der Waals surface area contributed by atoms with Gasteiger partial charge in [-0.2, -0.15) is 0 Å². The molecule has 0 amide bonds. The molecule has 1 aliphatic rings. The van der Waals surface area contributed by atoms with Crippen LogP contribution in [-0.2, 0) is 0 Å². The first kappa shape index (κ1) is 24.1. The lowest BCUT2D eigenvalue weighted by Gasteiger charge is -2.25. The van der Waals surface area contributed by atoms with Gasteiger partial charge in [-0.05, 0) is 56.0 Å². The van der Waals surface area contributed by atoms with Crippen LogP contribution < -0.4 is 11.1 Å². The SMILES string of the molecule is CC=CC=C1C(c2ccccc2)C1(CC)C(CCCC)N=C(N)Nc1cc(C)cc(Cl)c1. The second-order valence-electron chi connectivity index (χ2n) is 8.70. The zero-order valence-corrected chi connectivity index (χ0v) is 20.5. The summed E-state index contributed by atoms with van der Waals surface area (Å²) in [6.45, 7) is 8.60. The number of benzene rings is 2. The van der Waals surface area contributed by atoms with Crippen LogP contribution in [-0.4, -0.2) is 12.0 Å². The predicted molar refractivity (Wildman–Crippen MR) is 140 cm³/mol. The van der Waals surface area contributed by atoms with E-state index in [2.05, 4.69) is 74.6 Å². The normalized spacial score (nSPS) is 23.0. The Hall–Kier alpha value is -2.52. The number of aliphatic imine (C=N–C) groups is 1. The van der Waals surface area contributed by atoms with Crippen molar-refractivity contribution < 1.29 is 0 Å². The summed E-state index contributed by atoms with van der Waals surface area (Å²) in [6, 6.07) is 16.8. The molecule has 3 rings (SSSR count). The highest BCUT2D eigenvalue weighted by molar-refractivity contribution is 6.31. The molecule has 0 bridgehead atoms. The lowest BCUT2D eigenvalue weighted by molar-refractivity contribution is 0.363. The van der Waals surface area contributed by atoms with E-state index in [1.54, 1.807) is 0 Å². The highest BCUT2D eigenvalue weighted by Crippen LogP contribution is 2.69. The summed E-state index contributed by atoms with van der Waals surface area (Å²) in [5, 5.41) is 3.97. The van der Waals surface area contributed by atoms with E-state index < -0.39 is 0 Å². The van der Waals surface area contributed by atoms with Crippen molar-refractivity contribution in [3.8, 4) is 0 Å². The van der Waals surface area contributed by atoms with Gasteiger partial charge >= 0.3 is 0 Å². The number of halogens is 1. The summed E-state index contributed by atoms with van der Waals surface area (Å²) in [6.07, 6.45) is 10.8. The number of hydrogen-bond donors (Lipinski definition) is 2. The fourth-order valence-electron chi connectivity index (χ4n) is 5.01. The Balaban J connectivity index is 1.98. The summed E-state index contributed by atoms with van der Waals surface area (Å²) >= 11 is 6.23. The molecule has 1 aliphatic carbocycles. The van der Waals surface area contributed by atoms with Crippen LogP contribution in [0.1, 0.15) is 63.5 Å². The zero-order chi connectivity index (χ0) is 23.1. The third kappa shape index (κ3) is 5.27. The second kappa shape index (κ2) is 10.9. The molecule has 0 radical (unpaired) electrons. The van der Waals surface area contributed by atoms with Crippen LogP contribution in [0.4, 0.5) is 5.69 Å². The third-order valence-corrected chi connectivity index (χ3v) is 6.72. The van der Waals surface area contributed by atoms with Gasteiger partial charge in [-0.3, -0.25) is 0 Å². The van der Waals surface area contributed by atoms with Crippen molar-refractivity contribution in [2.24, 2.45) is 16.1 Å². The molecule has 1 fully saturated rings. The van der Waals surface area contributed by atoms with Gasteiger partial charge < -0.3 is 11.1 Å². The lowest BCUT2D eigenvalue weighted by Crippen LogP contribution is -2.30. The van der Waals surface area contributed by atoms with Gasteiger partial charge in [0, 0.05) is 22.0 Å². The molecule has 1 saturated carbocycles. The smallest absolute Gasteiger partial charge is 0.193 e. The molecule has 0 heterocycles. The molecule has 0 aromatic heterocycles. The molecule has 170 valence electrons. The summed E-state index contributed by atoms with van der Waals surface area (Å²) in [7, 11) is 0. The van der Waals surface area contributed by atoms with Gasteiger partial charge in [0.05, 0.1) is 6.04 Å². The molecule has 3 atom stereocenters. The number of anilines is 1. The molecular weight excluding hydrogens is 414 g/mol. The number of nitrogens with two attached hydrogens (primary N) is 1. The van der Waals surface area contributed by atoms with Crippen molar-refractivity contribution in [3.05, 3.63) is 88.5 Å². The van der Waals surface area contributed by atoms with Crippen LogP contribution in [0.5, 0.6) is 0 Å². The molecule has 3 unspecified atom stereocenters. The number of aryl methyl sites for hydroxylation is 1. The molecular formula is C28H36ClN3. The largest absolute Gasteiger partial charge is 0.370 e. The van der Waals surface area contributed by atoms with Gasteiger partial charge in [-0.1, -0.05) is 92.4 Å². The Kier molecular flexibility index (Phi) is 8.20. The van der Waals surface area contributed by atoms with Crippen molar-refractivity contribution in [2.75, 3.05) is 5.32 Å². The summed E-state index contributed by atoms with van der Waals surface area (Å²) in [5.41, 5.74) is 11.2. The standard InChI is InChI=1S/C28H36ClN3/c1-5-8-15-24-26(21-13-11-10-12-14-21)28(24,7-3)25(16-9-6-2)32-27(30)31-23-18-20(4)17-22(29)19-23/h5,8,10-15,17-19,25-26H,6-7,9,16H2,1-4H3,(H3,30,31,32). The molecule has 3 N–H and O–H groups in total. The minimum absolute atomic E-state index is 0.00736. The number of nitrogens with zero attached hydrogens (tertiary/aromatic N) is 1. The Morgan fingerprint density at radius 3 is 2.59 bits per heavy atom. The van der Waals surface area contributed by atoms with E-state index in [0.29, 0.717) is 16.9 Å². The molecule has 2 aromatic carbocycles. The quantitative estimate of drug-likeness (QED) is 0.305. The number of rotatable bonds is 9. The maximum absolute atomic E-state index is 6.45. The maximum atomic E-state index is 6.45. The Morgan fingerprint density at radius 1 is 1.22 bits per heavy atom. The van der Waals surface area contributed by atoms with E-state index in [0.717, 1.165) is 36.9 Å². The van der Waals surface area contributed by atoms with Crippen LogP contribution in [0.15, 0.2) is 77.3 Å². The van der Waals surface area contributed by atoms with Crippen LogP contribution in [0.25, 0.3) is 0 Å². The first-order valence-corrected chi connectivity index (χ1v) is 12.1. The Morgan fingerprint density at radius 2 is 1.97 bits per heavy atom. The number of nitrogens with one attached hydrogen (secondary N) is 1. The number of guanidine groups is 1. The average molecular weight is 450 g/mol. The molecule has 0 saturated heterocycles. The van der Waals surface area contributed by atoms with Crippen LogP contribution in [0.3, 0.4) is 0 Å². The second-order valence-corrected chi connectivity index (χ2v) is 9.14. The highest BCUT2D eigenvalue weighted by Gasteiger charge is 2.62. The first-order valence-electron chi connectivity index (χ1n) is 11.7. The van der Waals surface area contributed by atoms with Gasteiger partial charge in [0.15, 0.2) is 5.96 Å². The predicted octanol–water partition coefficient (Wildman–Crippen LogP) is 7.63. The first-order chi connectivity index (χ1) is 15.5. The monoisotopic (exact) mass is 449 g/mol. The summed E-state index contributed by atoms with van der Waals surface area (Å²) in [4.78, 5) is 5.08. The van der Waals surface area contributed by atoms with Crippen molar-refractivity contribution in [2.45, 2.75) is 65.3 Å². The molecule has 4 heteroatoms. The average Bonchev–Trinajstić information content (AvgIpc) is 3.43. The number of hydrogen-bond acceptors (Lipinski definition) is 1. The van der Waals surface area contributed by atoms with E-state index in [-0.39, 0.29) is 11.5 Å². The van der Waals surface area contributed by atoms with Crippen molar-refractivity contribution in [3.63, 3.8) is 0 Å². The Labute approximate surface area is 198 Å². The van der Waals surface area contributed by atoms with Gasteiger partial charge in [0.2, 0.25) is 0 Å². The molecule has 2 aromatic rings. The maximum Gasteiger partial charge on any atom is 0.193 e. The third-order valence-electron chi connectivity index (χ3n) is 6.50. The van der Waals surface area contributed by atoms with Gasteiger partial charge in [0.1, 0.15) is 0 Å². The topological polar surface area (TPSA) is 50.4 Å². The van der Waals surface area contributed by atoms with Crippen molar-refractivity contribution in [1.29, 1.82) is 0 Å². The van der Waals surface area contributed by atoms with E-state index in [1.807, 2.05) is 25.1 Å². The Bertz CT molecular complexity index is 973. The molecule has 0 aliphatic heterocycles. The van der Waals surface area contributed by atoms with Crippen LogP contribution in [0, 0.1) is 12.3 Å². The van der Waals surface area contributed by atoms with E-state index in [9.17, 15) is 0 Å². The lowest BCUT2D eigenvalue weighted by atomic mass is 9.85. The van der Waals surface area contributed by atoms with Crippen molar-refractivity contribution in [1.82, 2.24) is 0 Å². The molecule has 3 nitrogen and oxygen atoms in total. The number of allylic oxidation sites excluding steroid dienone is 3. The fourth-order valence-corrected chi connectivity index (χ4v) is 5.30. The summed E-state index contributed by atoms with van der Waals surface area (Å²) < 4.78 is 0. The van der Waals surface area contributed by atoms with Gasteiger partial charge in [-0.25, -0.2) is 4.99 Å². The fraction of sp³-hybridized carbons (Fsp3) is 0.393.